The van der Waals surface area contributed by atoms with E-state index in [2.05, 4.69) is 4.98 Å². The minimum Gasteiger partial charge on any atom is -0.342 e. The summed E-state index contributed by atoms with van der Waals surface area (Å²) in [6.45, 7) is 3.84. The number of amides is 1. The zero-order valence-corrected chi connectivity index (χ0v) is 15.6. The molecule has 1 amide bonds. The number of para-hydroxylation sites is 2. The molecule has 1 atom stereocenters. The SMILES string of the molecule is Cc1csc(=O)n1CCC(=O)N1CCC[C@@H](c2nc3ccccc3[nH]2)C1. The molecule has 0 aliphatic carbocycles. The first-order valence-electron chi connectivity index (χ1n) is 8.99. The zero-order chi connectivity index (χ0) is 18.1. The molecule has 1 saturated heterocycles. The largest absolute Gasteiger partial charge is 0.342 e. The van der Waals surface area contributed by atoms with Crippen LogP contribution in [0.1, 0.15) is 36.7 Å². The summed E-state index contributed by atoms with van der Waals surface area (Å²) in [6.07, 6.45) is 2.38. The van der Waals surface area contributed by atoms with Crippen LogP contribution in [0.25, 0.3) is 11.0 Å². The molecule has 0 bridgehead atoms. The monoisotopic (exact) mass is 370 g/mol. The van der Waals surface area contributed by atoms with Crippen molar-refractivity contribution in [1.29, 1.82) is 0 Å². The lowest BCUT2D eigenvalue weighted by atomic mass is 9.97. The Morgan fingerprint density at radius 2 is 2.23 bits per heavy atom. The van der Waals surface area contributed by atoms with Crippen molar-refractivity contribution in [1.82, 2.24) is 19.4 Å². The van der Waals surface area contributed by atoms with Gasteiger partial charge in [0.1, 0.15) is 5.82 Å². The minimum absolute atomic E-state index is 0.00842. The smallest absolute Gasteiger partial charge is 0.307 e. The molecule has 26 heavy (non-hydrogen) atoms. The summed E-state index contributed by atoms with van der Waals surface area (Å²) in [5.74, 6) is 1.32. The third kappa shape index (κ3) is 3.31. The lowest BCUT2D eigenvalue weighted by Gasteiger charge is -2.32. The Morgan fingerprint density at radius 1 is 1.38 bits per heavy atom. The number of piperidine rings is 1. The van der Waals surface area contributed by atoms with Gasteiger partial charge in [0, 0.05) is 43.0 Å². The van der Waals surface area contributed by atoms with E-state index in [0.29, 0.717) is 19.5 Å². The average molecular weight is 370 g/mol. The molecule has 0 saturated carbocycles. The number of benzene rings is 1. The number of aryl methyl sites for hydroxylation is 1. The molecule has 7 heteroatoms. The molecule has 1 fully saturated rings. The Labute approximate surface area is 155 Å². The van der Waals surface area contributed by atoms with Gasteiger partial charge < -0.3 is 14.5 Å². The van der Waals surface area contributed by atoms with Gasteiger partial charge >= 0.3 is 4.87 Å². The van der Waals surface area contributed by atoms with E-state index in [1.165, 1.54) is 11.3 Å². The molecule has 6 nitrogen and oxygen atoms in total. The predicted octanol–water partition coefficient (Wildman–Crippen LogP) is 2.89. The lowest BCUT2D eigenvalue weighted by molar-refractivity contribution is -0.132. The molecule has 136 valence electrons. The van der Waals surface area contributed by atoms with Gasteiger partial charge in [0.2, 0.25) is 5.91 Å². The Kier molecular flexibility index (Phi) is 4.63. The topological polar surface area (TPSA) is 71.0 Å². The van der Waals surface area contributed by atoms with Crippen LogP contribution in [0.15, 0.2) is 34.4 Å². The van der Waals surface area contributed by atoms with Gasteiger partial charge in [-0.3, -0.25) is 9.59 Å². The van der Waals surface area contributed by atoms with Gasteiger partial charge in [-0.25, -0.2) is 4.98 Å². The number of rotatable bonds is 4. The highest BCUT2D eigenvalue weighted by molar-refractivity contribution is 7.07. The normalized spacial score (nSPS) is 17.7. The first-order chi connectivity index (χ1) is 12.6. The Morgan fingerprint density at radius 3 is 3.00 bits per heavy atom. The number of aromatic amines is 1. The first kappa shape index (κ1) is 17.0. The number of thiazole rings is 1. The maximum Gasteiger partial charge on any atom is 0.307 e. The highest BCUT2D eigenvalue weighted by Crippen LogP contribution is 2.27. The highest BCUT2D eigenvalue weighted by Gasteiger charge is 2.26. The molecule has 0 spiro atoms. The number of carbonyl (C=O) groups is 1. The molecule has 1 N–H and O–H groups in total. The average Bonchev–Trinajstić information content (AvgIpc) is 3.23. The van der Waals surface area contributed by atoms with Gasteiger partial charge in [-0.05, 0) is 31.9 Å². The van der Waals surface area contributed by atoms with E-state index in [-0.39, 0.29) is 16.7 Å². The van der Waals surface area contributed by atoms with Crippen LogP contribution in [0.4, 0.5) is 0 Å². The van der Waals surface area contributed by atoms with Crippen molar-refractivity contribution in [2.24, 2.45) is 0 Å². The fourth-order valence-electron chi connectivity index (χ4n) is 3.63. The van der Waals surface area contributed by atoms with Crippen LogP contribution in [0.5, 0.6) is 0 Å². The number of nitrogens with zero attached hydrogens (tertiary/aromatic N) is 3. The number of fused-ring (bicyclic) bond motifs is 1. The fourth-order valence-corrected chi connectivity index (χ4v) is 4.39. The predicted molar refractivity (Wildman–Crippen MR) is 103 cm³/mol. The number of carbonyl (C=O) groups excluding carboxylic acids is 1. The molecule has 2 aromatic heterocycles. The Bertz CT molecular complexity index is 954. The molecular formula is C19H22N4O2S. The summed E-state index contributed by atoms with van der Waals surface area (Å²) in [7, 11) is 0. The van der Waals surface area contributed by atoms with Crippen LogP contribution in [0.2, 0.25) is 0 Å². The van der Waals surface area contributed by atoms with Gasteiger partial charge in [-0.1, -0.05) is 23.5 Å². The van der Waals surface area contributed by atoms with Gasteiger partial charge in [-0.15, -0.1) is 0 Å². The van der Waals surface area contributed by atoms with Gasteiger partial charge in [-0.2, -0.15) is 0 Å². The molecule has 0 radical (unpaired) electrons. The maximum absolute atomic E-state index is 12.6. The number of imidazole rings is 1. The molecule has 1 aliphatic heterocycles. The number of aromatic nitrogens is 3. The maximum atomic E-state index is 12.6. The molecule has 1 aliphatic rings. The van der Waals surface area contributed by atoms with E-state index in [4.69, 9.17) is 4.98 Å². The second kappa shape index (κ2) is 7.07. The van der Waals surface area contributed by atoms with Crippen LogP contribution in [-0.2, 0) is 11.3 Å². The summed E-state index contributed by atoms with van der Waals surface area (Å²) in [6, 6.07) is 8.01. The van der Waals surface area contributed by atoms with E-state index in [1.54, 1.807) is 4.57 Å². The molecular weight excluding hydrogens is 348 g/mol. The number of H-pyrrole nitrogens is 1. The quantitative estimate of drug-likeness (QED) is 0.768. The molecule has 0 unspecified atom stereocenters. The third-order valence-corrected chi connectivity index (χ3v) is 5.98. The van der Waals surface area contributed by atoms with Crippen molar-refractivity contribution in [2.75, 3.05) is 13.1 Å². The number of likely N-dealkylation sites (tertiary alicyclic amines) is 1. The van der Waals surface area contributed by atoms with Crippen molar-refractivity contribution in [3.05, 3.63) is 50.8 Å². The summed E-state index contributed by atoms with van der Waals surface area (Å²) in [4.78, 5) is 34.5. The summed E-state index contributed by atoms with van der Waals surface area (Å²) in [5, 5.41) is 1.84. The Balaban J connectivity index is 1.42. The zero-order valence-electron chi connectivity index (χ0n) is 14.8. The highest BCUT2D eigenvalue weighted by atomic mass is 32.1. The third-order valence-electron chi connectivity index (χ3n) is 5.09. The van der Waals surface area contributed by atoms with E-state index >= 15 is 0 Å². The molecule has 3 heterocycles. The van der Waals surface area contributed by atoms with Crippen molar-refractivity contribution in [3.8, 4) is 0 Å². The molecule has 3 aromatic rings. The Hall–Kier alpha value is -2.41. The second-order valence-electron chi connectivity index (χ2n) is 6.86. The minimum atomic E-state index is 0.00842. The van der Waals surface area contributed by atoms with Gasteiger partial charge in [0.05, 0.1) is 11.0 Å². The van der Waals surface area contributed by atoms with Gasteiger partial charge in [0.25, 0.3) is 0 Å². The first-order valence-corrected chi connectivity index (χ1v) is 9.87. The summed E-state index contributed by atoms with van der Waals surface area (Å²) in [5.41, 5.74) is 2.93. The molecule has 1 aromatic carbocycles. The van der Waals surface area contributed by atoms with Crippen LogP contribution in [0, 0.1) is 6.92 Å². The number of hydrogen-bond donors (Lipinski definition) is 1. The van der Waals surface area contributed by atoms with Gasteiger partial charge in [0.15, 0.2) is 0 Å². The summed E-state index contributed by atoms with van der Waals surface area (Å²) >= 11 is 1.19. The van der Waals surface area contributed by atoms with Crippen molar-refractivity contribution < 1.29 is 4.79 Å². The standard InChI is InChI=1S/C19H22N4O2S/c1-13-12-26-19(25)23(13)10-8-17(24)22-9-4-5-14(11-22)18-20-15-6-2-3-7-16(15)21-18/h2-3,6-7,12,14H,4-5,8-11H2,1H3,(H,20,21)/t14-/m1/s1. The van der Waals surface area contributed by atoms with Crippen LogP contribution in [0.3, 0.4) is 0 Å². The lowest BCUT2D eigenvalue weighted by Crippen LogP contribution is -2.40. The molecule has 4 rings (SSSR count). The number of hydrogen-bond acceptors (Lipinski definition) is 4. The van der Waals surface area contributed by atoms with Crippen LogP contribution >= 0.6 is 11.3 Å². The van der Waals surface area contributed by atoms with Crippen LogP contribution in [-0.4, -0.2) is 38.4 Å². The second-order valence-corrected chi connectivity index (χ2v) is 7.68. The fraction of sp³-hybridized carbons (Fsp3) is 0.421. The number of nitrogens with one attached hydrogen (secondary N) is 1. The van der Waals surface area contributed by atoms with Crippen molar-refractivity contribution >= 4 is 28.3 Å². The van der Waals surface area contributed by atoms with E-state index in [9.17, 15) is 9.59 Å². The van der Waals surface area contributed by atoms with E-state index < -0.39 is 0 Å². The van der Waals surface area contributed by atoms with Crippen LogP contribution < -0.4 is 4.87 Å². The van der Waals surface area contributed by atoms with Crippen molar-refractivity contribution in [3.63, 3.8) is 0 Å². The van der Waals surface area contributed by atoms with Crippen molar-refractivity contribution in [2.45, 2.75) is 38.6 Å². The summed E-state index contributed by atoms with van der Waals surface area (Å²) < 4.78 is 1.68. The van der Waals surface area contributed by atoms with E-state index in [1.807, 2.05) is 41.5 Å². The van der Waals surface area contributed by atoms with E-state index in [0.717, 1.165) is 41.9 Å².